The molecule has 11 aromatic rings. The monoisotopic (exact) mass is 730 g/mol. The fraction of sp³-hybridized carbons (Fsp3) is 0.0385. The Morgan fingerprint density at radius 3 is 1.93 bits per heavy atom. The molecule has 0 amide bonds. The fourth-order valence-corrected chi connectivity index (χ4v) is 9.06. The van der Waals surface area contributed by atoms with E-state index in [2.05, 4.69) is 161 Å². The Balaban J connectivity index is 1.00. The summed E-state index contributed by atoms with van der Waals surface area (Å²) in [6.07, 6.45) is 5.62. The predicted molar refractivity (Wildman–Crippen MR) is 233 cm³/mol. The van der Waals surface area contributed by atoms with Crippen LogP contribution in [0.3, 0.4) is 0 Å². The maximum absolute atomic E-state index is 6.45. The third kappa shape index (κ3) is 4.95. The average Bonchev–Trinajstić information content (AvgIpc) is 3.94. The van der Waals surface area contributed by atoms with Gasteiger partial charge in [0.25, 0.3) is 0 Å². The number of benzene rings is 7. The first-order valence-electron chi connectivity index (χ1n) is 19.5. The van der Waals surface area contributed by atoms with Crippen molar-refractivity contribution in [2.45, 2.75) is 12.3 Å². The molecule has 0 saturated heterocycles. The van der Waals surface area contributed by atoms with Crippen LogP contribution in [0.4, 0.5) is 0 Å². The number of hydrogen-bond acceptors (Lipinski definition) is 3. The van der Waals surface area contributed by atoms with Gasteiger partial charge in [-0.2, -0.15) is 0 Å². The molecule has 0 N–H and O–H groups in total. The summed E-state index contributed by atoms with van der Waals surface area (Å²) in [4.78, 5) is 10.6. The van der Waals surface area contributed by atoms with Crippen molar-refractivity contribution in [3.05, 3.63) is 199 Å². The molecule has 1 unspecified atom stereocenters. The highest BCUT2D eigenvalue weighted by atomic mass is 16.3. The van der Waals surface area contributed by atoms with Gasteiger partial charge < -0.3 is 8.98 Å². The van der Waals surface area contributed by atoms with Gasteiger partial charge in [0.15, 0.2) is 5.58 Å². The van der Waals surface area contributed by atoms with Crippen molar-refractivity contribution in [3.8, 4) is 34.0 Å². The van der Waals surface area contributed by atoms with Gasteiger partial charge in [0.05, 0.1) is 16.6 Å². The zero-order chi connectivity index (χ0) is 37.5. The molecule has 268 valence electrons. The van der Waals surface area contributed by atoms with Crippen LogP contribution in [0.2, 0.25) is 0 Å². The summed E-state index contributed by atoms with van der Waals surface area (Å²) in [6.45, 7) is 0. The smallest absolute Gasteiger partial charge is 0.236 e. The van der Waals surface area contributed by atoms with Crippen molar-refractivity contribution in [1.82, 2.24) is 19.1 Å². The second kappa shape index (κ2) is 12.5. The van der Waals surface area contributed by atoms with Gasteiger partial charge in [-0.15, -0.1) is 0 Å². The van der Waals surface area contributed by atoms with Crippen LogP contribution in [-0.4, -0.2) is 19.1 Å². The van der Waals surface area contributed by atoms with E-state index in [9.17, 15) is 0 Å². The van der Waals surface area contributed by atoms with E-state index in [-0.39, 0.29) is 5.92 Å². The zero-order valence-corrected chi connectivity index (χ0v) is 30.9. The van der Waals surface area contributed by atoms with Crippen molar-refractivity contribution in [3.63, 3.8) is 0 Å². The molecular weight excluding hydrogens is 697 g/mol. The van der Waals surface area contributed by atoms with Crippen molar-refractivity contribution in [2.75, 3.05) is 0 Å². The van der Waals surface area contributed by atoms with E-state index in [1.165, 1.54) is 55.3 Å². The number of furan rings is 1. The second-order valence-electron chi connectivity index (χ2n) is 14.9. The average molecular weight is 731 g/mol. The molecule has 0 aliphatic heterocycles. The Bertz CT molecular complexity index is 3370. The number of nitrogens with zero attached hydrogens (tertiary/aromatic N) is 4. The molecular formula is C52H34N4O. The molecule has 7 aromatic carbocycles. The SMILES string of the molecule is C1=CC(c2ccc3c4ccccc4n(-c4nc(-c5ccccc5)c5oc6ccccc6c5n4)c3c2)Cc2c1n(-c1ccc(-c3ccccc3)cc1)c1ccccc21. The minimum atomic E-state index is 0.189. The first-order chi connectivity index (χ1) is 28.3. The van der Waals surface area contributed by atoms with Gasteiger partial charge in [0.1, 0.15) is 16.8 Å². The lowest BCUT2D eigenvalue weighted by molar-refractivity contribution is 0.666. The number of para-hydroxylation sites is 3. The Hall–Kier alpha value is -7.50. The number of hydrogen-bond donors (Lipinski definition) is 0. The minimum absolute atomic E-state index is 0.189. The quantitative estimate of drug-likeness (QED) is 0.177. The summed E-state index contributed by atoms with van der Waals surface area (Å²) in [7, 11) is 0. The van der Waals surface area contributed by atoms with E-state index in [4.69, 9.17) is 14.4 Å². The maximum Gasteiger partial charge on any atom is 0.236 e. The first-order valence-corrected chi connectivity index (χ1v) is 19.5. The normalized spacial score (nSPS) is 14.0. The summed E-state index contributed by atoms with van der Waals surface area (Å²) in [5.41, 5.74) is 14.9. The molecule has 0 fully saturated rings. The summed E-state index contributed by atoms with van der Waals surface area (Å²) in [5, 5.41) is 4.62. The highest BCUT2D eigenvalue weighted by Crippen LogP contribution is 2.41. The van der Waals surface area contributed by atoms with Crippen molar-refractivity contribution in [2.24, 2.45) is 0 Å². The Morgan fingerprint density at radius 1 is 0.509 bits per heavy atom. The second-order valence-corrected chi connectivity index (χ2v) is 14.9. The molecule has 1 aliphatic rings. The van der Waals surface area contributed by atoms with Crippen LogP contribution >= 0.6 is 0 Å². The molecule has 5 heteroatoms. The molecule has 4 aromatic heterocycles. The van der Waals surface area contributed by atoms with Crippen LogP contribution in [0.5, 0.6) is 0 Å². The fourth-order valence-electron chi connectivity index (χ4n) is 9.06. The molecule has 0 bridgehead atoms. The molecule has 1 aliphatic carbocycles. The summed E-state index contributed by atoms with van der Waals surface area (Å²) >= 11 is 0. The topological polar surface area (TPSA) is 48.8 Å². The van der Waals surface area contributed by atoms with Gasteiger partial charge in [-0.1, -0.05) is 140 Å². The molecule has 4 heterocycles. The minimum Gasteiger partial charge on any atom is -0.452 e. The lowest BCUT2D eigenvalue weighted by Crippen LogP contribution is -2.08. The van der Waals surface area contributed by atoms with E-state index in [1.54, 1.807) is 0 Å². The number of fused-ring (bicyclic) bond motifs is 9. The van der Waals surface area contributed by atoms with Crippen LogP contribution in [0.1, 0.15) is 22.7 Å². The number of aromatic nitrogens is 4. The number of allylic oxidation sites excluding steroid dienone is 1. The van der Waals surface area contributed by atoms with Crippen LogP contribution in [0.15, 0.2) is 186 Å². The van der Waals surface area contributed by atoms with Gasteiger partial charge in [0, 0.05) is 44.4 Å². The first kappa shape index (κ1) is 31.8. The van der Waals surface area contributed by atoms with Crippen molar-refractivity contribution >= 4 is 60.9 Å². The Morgan fingerprint density at radius 2 is 1.14 bits per heavy atom. The molecule has 0 radical (unpaired) electrons. The lowest BCUT2D eigenvalue weighted by Gasteiger charge is -2.20. The highest BCUT2D eigenvalue weighted by molar-refractivity contribution is 6.10. The van der Waals surface area contributed by atoms with E-state index < -0.39 is 0 Å². The van der Waals surface area contributed by atoms with Crippen molar-refractivity contribution < 1.29 is 4.42 Å². The van der Waals surface area contributed by atoms with Crippen LogP contribution in [0, 0.1) is 0 Å². The summed E-state index contributed by atoms with van der Waals surface area (Å²) < 4.78 is 11.1. The Labute approximate surface area is 328 Å². The van der Waals surface area contributed by atoms with E-state index in [1.807, 2.05) is 36.4 Å². The lowest BCUT2D eigenvalue weighted by atomic mass is 9.86. The third-order valence-corrected chi connectivity index (χ3v) is 11.7. The van der Waals surface area contributed by atoms with Gasteiger partial charge in [0.2, 0.25) is 5.95 Å². The molecule has 0 spiro atoms. The van der Waals surface area contributed by atoms with Crippen LogP contribution in [-0.2, 0) is 6.42 Å². The molecule has 1 atom stereocenters. The maximum atomic E-state index is 6.45. The van der Waals surface area contributed by atoms with Gasteiger partial charge >= 0.3 is 0 Å². The van der Waals surface area contributed by atoms with Crippen LogP contribution in [0.25, 0.3) is 94.9 Å². The van der Waals surface area contributed by atoms with Crippen LogP contribution < -0.4 is 0 Å². The summed E-state index contributed by atoms with van der Waals surface area (Å²) in [6, 6.07) is 62.3. The van der Waals surface area contributed by atoms with Gasteiger partial charge in [-0.05, 0) is 77.2 Å². The molecule has 5 nitrogen and oxygen atoms in total. The van der Waals surface area contributed by atoms with Gasteiger partial charge in [-0.25, -0.2) is 9.97 Å². The largest absolute Gasteiger partial charge is 0.452 e. The molecule has 57 heavy (non-hydrogen) atoms. The van der Waals surface area contributed by atoms with Gasteiger partial charge in [-0.3, -0.25) is 4.57 Å². The predicted octanol–water partition coefficient (Wildman–Crippen LogP) is 13.1. The highest BCUT2D eigenvalue weighted by Gasteiger charge is 2.26. The van der Waals surface area contributed by atoms with Crippen molar-refractivity contribution in [1.29, 1.82) is 0 Å². The third-order valence-electron chi connectivity index (χ3n) is 11.7. The van der Waals surface area contributed by atoms with E-state index in [0.29, 0.717) is 11.5 Å². The van der Waals surface area contributed by atoms with E-state index in [0.717, 1.165) is 45.2 Å². The standard InChI is InChI=1S/C52H34N4O/c1-3-13-33(14-4-1)34-23-27-38(28-24-34)55-44-20-10-8-18-40(44)43-31-36(26-30-46(43)55)37-25-29-41-39-17-7-11-21-45(39)56(47(41)32-37)52-53-49(35-15-5-2-6-16-35)51-50(54-52)42-19-9-12-22-48(42)57-51/h1-30,32,36H,31H2. The van der Waals surface area contributed by atoms with E-state index >= 15 is 0 Å². The molecule has 0 saturated carbocycles. The zero-order valence-electron chi connectivity index (χ0n) is 30.9. The number of rotatable bonds is 5. The Kier molecular flexibility index (Phi) is 6.99. The molecule has 12 rings (SSSR count). The summed E-state index contributed by atoms with van der Waals surface area (Å²) in [5.74, 6) is 0.813.